The summed E-state index contributed by atoms with van der Waals surface area (Å²) in [5.74, 6) is 0.120. The largest absolute Gasteiger partial charge is 0.343 e. The minimum atomic E-state index is -0.330. The van der Waals surface area contributed by atoms with Gasteiger partial charge in [0, 0.05) is 6.04 Å². The van der Waals surface area contributed by atoms with Crippen LogP contribution in [0.1, 0.15) is 72.6 Å². The molecular formula is C16H30N2O2. The van der Waals surface area contributed by atoms with Crippen molar-refractivity contribution in [3.8, 4) is 0 Å². The van der Waals surface area contributed by atoms with Crippen molar-refractivity contribution >= 4 is 11.8 Å². The number of hydrogen-bond donors (Lipinski definition) is 1. The lowest BCUT2D eigenvalue weighted by atomic mass is 9.96. The number of rotatable bonds is 8. The van der Waals surface area contributed by atoms with Crippen molar-refractivity contribution < 1.29 is 9.59 Å². The van der Waals surface area contributed by atoms with Crippen molar-refractivity contribution in [1.82, 2.24) is 10.2 Å². The molecule has 116 valence electrons. The van der Waals surface area contributed by atoms with Crippen LogP contribution in [-0.2, 0) is 9.59 Å². The molecule has 0 bridgehead atoms. The molecule has 1 N–H and O–H groups in total. The molecule has 1 heterocycles. The Morgan fingerprint density at radius 2 is 1.80 bits per heavy atom. The van der Waals surface area contributed by atoms with E-state index < -0.39 is 0 Å². The van der Waals surface area contributed by atoms with E-state index in [1.54, 1.807) is 0 Å². The third-order valence-corrected chi connectivity index (χ3v) is 4.15. The Balaban J connectivity index is 2.88. The van der Waals surface area contributed by atoms with Crippen molar-refractivity contribution in [1.29, 1.82) is 0 Å². The Morgan fingerprint density at radius 3 is 2.35 bits per heavy atom. The van der Waals surface area contributed by atoms with Gasteiger partial charge in [-0.2, -0.15) is 0 Å². The monoisotopic (exact) mass is 282 g/mol. The predicted molar refractivity (Wildman–Crippen MR) is 81.4 cm³/mol. The van der Waals surface area contributed by atoms with Gasteiger partial charge in [0.15, 0.2) is 0 Å². The second kappa shape index (κ2) is 8.28. The summed E-state index contributed by atoms with van der Waals surface area (Å²) in [6.45, 7) is 8.20. The van der Waals surface area contributed by atoms with Crippen LogP contribution in [0.5, 0.6) is 0 Å². The zero-order chi connectivity index (χ0) is 15.1. The first-order valence-corrected chi connectivity index (χ1v) is 8.19. The molecule has 0 aromatic rings. The fourth-order valence-electron chi connectivity index (χ4n) is 3.03. The van der Waals surface area contributed by atoms with Crippen molar-refractivity contribution in [2.75, 3.05) is 0 Å². The number of nitrogens with zero attached hydrogens (tertiary/aromatic N) is 1. The summed E-state index contributed by atoms with van der Waals surface area (Å²) in [6, 6.07) is -0.429. The third kappa shape index (κ3) is 3.97. The molecule has 0 aromatic heterocycles. The van der Waals surface area contributed by atoms with Crippen molar-refractivity contribution in [2.24, 2.45) is 0 Å². The Morgan fingerprint density at radius 1 is 1.10 bits per heavy atom. The van der Waals surface area contributed by atoms with Gasteiger partial charge in [-0.3, -0.25) is 9.59 Å². The average molecular weight is 282 g/mol. The zero-order valence-electron chi connectivity index (χ0n) is 13.4. The lowest BCUT2D eigenvalue weighted by Gasteiger charge is -2.42. The summed E-state index contributed by atoms with van der Waals surface area (Å²) in [5.41, 5.74) is 0. The van der Waals surface area contributed by atoms with Crippen LogP contribution in [0.3, 0.4) is 0 Å². The Kier molecular flexibility index (Phi) is 7.03. The van der Waals surface area contributed by atoms with E-state index in [-0.39, 0.29) is 29.9 Å². The van der Waals surface area contributed by atoms with E-state index in [2.05, 4.69) is 19.2 Å². The van der Waals surface area contributed by atoms with Gasteiger partial charge < -0.3 is 10.2 Å². The molecule has 1 rings (SSSR count). The molecule has 0 aliphatic carbocycles. The van der Waals surface area contributed by atoms with E-state index in [4.69, 9.17) is 0 Å². The van der Waals surface area contributed by atoms with E-state index in [1.807, 2.05) is 18.7 Å². The number of carbonyl (C=O) groups is 2. The van der Waals surface area contributed by atoms with Gasteiger partial charge in [-0.15, -0.1) is 0 Å². The third-order valence-electron chi connectivity index (χ3n) is 4.15. The molecule has 4 heteroatoms. The molecule has 3 unspecified atom stereocenters. The smallest absolute Gasteiger partial charge is 0.246 e. The Bertz CT molecular complexity index is 330. The van der Waals surface area contributed by atoms with Gasteiger partial charge in [-0.25, -0.2) is 0 Å². The molecule has 2 amide bonds. The lowest BCUT2D eigenvalue weighted by Crippen LogP contribution is -2.64. The second-order valence-corrected chi connectivity index (χ2v) is 5.86. The topological polar surface area (TPSA) is 49.4 Å². The van der Waals surface area contributed by atoms with Crippen LogP contribution in [0.2, 0.25) is 0 Å². The summed E-state index contributed by atoms with van der Waals surface area (Å²) in [7, 11) is 0. The van der Waals surface area contributed by atoms with Crippen LogP contribution >= 0.6 is 0 Å². The standard InChI is InChI=1S/C16H30N2O2/c1-5-8-11-13(9-6-2)18-12(4)15(19)17-14(10-7-3)16(18)20/h12-14H,5-11H2,1-4H3,(H,17,19). The van der Waals surface area contributed by atoms with Crippen LogP contribution < -0.4 is 5.32 Å². The minimum Gasteiger partial charge on any atom is -0.343 e. The highest BCUT2D eigenvalue weighted by Gasteiger charge is 2.40. The van der Waals surface area contributed by atoms with E-state index in [1.165, 1.54) is 0 Å². The first-order valence-electron chi connectivity index (χ1n) is 8.19. The van der Waals surface area contributed by atoms with E-state index in [0.717, 1.165) is 44.9 Å². The highest BCUT2D eigenvalue weighted by molar-refractivity contribution is 5.96. The number of amides is 2. The summed E-state index contributed by atoms with van der Waals surface area (Å²) in [4.78, 5) is 26.6. The van der Waals surface area contributed by atoms with Crippen molar-refractivity contribution in [2.45, 2.75) is 90.8 Å². The summed E-state index contributed by atoms with van der Waals surface area (Å²) in [6.07, 6.45) is 6.93. The number of unbranched alkanes of at least 4 members (excludes halogenated alkanes) is 1. The quantitative estimate of drug-likeness (QED) is 0.744. The van der Waals surface area contributed by atoms with Gasteiger partial charge >= 0.3 is 0 Å². The predicted octanol–water partition coefficient (Wildman–Crippen LogP) is 2.86. The number of carbonyl (C=O) groups excluding carboxylic acids is 2. The lowest BCUT2D eigenvalue weighted by molar-refractivity contribution is -0.152. The summed E-state index contributed by atoms with van der Waals surface area (Å²) < 4.78 is 0. The van der Waals surface area contributed by atoms with Crippen LogP contribution in [0.15, 0.2) is 0 Å². The van der Waals surface area contributed by atoms with Crippen LogP contribution in [0.4, 0.5) is 0 Å². The maximum Gasteiger partial charge on any atom is 0.246 e. The molecule has 20 heavy (non-hydrogen) atoms. The molecule has 0 aromatic carbocycles. The summed E-state index contributed by atoms with van der Waals surface area (Å²) >= 11 is 0. The maximum atomic E-state index is 12.7. The molecular weight excluding hydrogens is 252 g/mol. The molecule has 0 spiro atoms. The average Bonchev–Trinajstić information content (AvgIpc) is 2.42. The first kappa shape index (κ1) is 17.0. The molecule has 1 aliphatic heterocycles. The van der Waals surface area contributed by atoms with Gasteiger partial charge in [0.25, 0.3) is 0 Å². The van der Waals surface area contributed by atoms with Crippen LogP contribution in [0.25, 0.3) is 0 Å². The summed E-state index contributed by atoms with van der Waals surface area (Å²) in [5, 5.41) is 2.87. The SMILES string of the molecule is CCCCC(CCC)N1C(=O)C(CCC)NC(=O)C1C. The number of piperazine rings is 1. The van der Waals surface area contributed by atoms with Gasteiger partial charge in [-0.05, 0) is 26.2 Å². The molecule has 3 atom stereocenters. The van der Waals surface area contributed by atoms with E-state index >= 15 is 0 Å². The molecule has 1 fully saturated rings. The molecule has 0 saturated carbocycles. The van der Waals surface area contributed by atoms with E-state index in [9.17, 15) is 9.59 Å². The van der Waals surface area contributed by atoms with Gasteiger partial charge in [-0.1, -0.05) is 46.5 Å². The first-order chi connectivity index (χ1) is 9.56. The molecule has 0 radical (unpaired) electrons. The minimum absolute atomic E-state index is 0.000603. The Labute approximate surface area is 123 Å². The second-order valence-electron chi connectivity index (χ2n) is 5.86. The Hall–Kier alpha value is -1.06. The van der Waals surface area contributed by atoms with Crippen molar-refractivity contribution in [3.63, 3.8) is 0 Å². The van der Waals surface area contributed by atoms with Gasteiger partial charge in [0.2, 0.25) is 11.8 Å². The normalized spacial score (nSPS) is 24.7. The van der Waals surface area contributed by atoms with E-state index in [0.29, 0.717) is 0 Å². The highest BCUT2D eigenvalue weighted by Crippen LogP contribution is 2.22. The maximum absolute atomic E-state index is 12.7. The number of nitrogens with one attached hydrogen (secondary N) is 1. The molecule has 4 nitrogen and oxygen atoms in total. The van der Waals surface area contributed by atoms with Gasteiger partial charge in [0.1, 0.15) is 12.1 Å². The van der Waals surface area contributed by atoms with Gasteiger partial charge in [0.05, 0.1) is 0 Å². The highest BCUT2D eigenvalue weighted by atomic mass is 16.2. The van der Waals surface area contributed by atoms with Crippen molar-refractivity contribution in [3.05, 3.63) is 0 Å². The number of hydrogen-bond acceptors (Lipinski definition) is 2. The van der Waals surface area contributed by atoms with Crippen LogP contribution in [-0.4, -0.2) is 34.8 Å². The zero-order valence-corrected chi connectivity index (χ0v) is 13.4. The molecule has 1 aliphatic rings. The molecule has 1 saturated heterocycles. The fourth-order valence-corrected chi connectivity index (χ4v) is 3.03. The fraction of sp³-hybridized carbons (Fsp3) is 0.875. The van der Waals surface area contributed by atoms with Crippen LogP contribution in [0, 0.1) is 0 Å².